The summed E-state index contributed by atoms with van der Waals surface area (Å²) in [6, 6.07) is 5.51. The van der Waals surface area contributed by atoms with Crippen molar-refractivity contribution in [1.29, 1.82) is 0 Å². The number of carboxylic acids is 1. The SMILES string of the molecule is Cc1ccc(C)c(NC(CC(C)C)C(=O)O)c1. The first-order valence-electron chi connectivity index (χ1n) is 5.96. The number of aliphatic carboxylic acids is 1. The van der Waals surface area contributed by atoms with Crippen LogP contribution >= 0.6 is 0 Å². The van der Waals surface area contributed by atoms with Crippen molar-refractivity contribution in [1.82, 2.24) is 0 Å². The third-order valence-corrected chi connectivity index (χ3v) is 2.73. The number of benzene rings is 1. The van der Waals surface area contributed by atoms with Crippen LogP contribution in [0.5, 0.6) is 0 Å². The number of aryl methyl sites for hydroxylation is 2. The van der Waals surface area contributed by atoms with E-state index in [2.05, 4.69) is 5.32 Å². The van der Waals surface area contributed by atoms with Crippen molar-refractivity contribution in [2.24, 2.45) is 5.92 Å². The molecule has 1 rings (SSSR count). The van der Waals surface area contributed by atoms with Gasteiger partial charge in [-0.05, 0) is 43.4 Å². The molecule has 94 valence electrons. The number of hydrogen-bond acceptors (Lipinski definition) is 2. The van der Waals surface area contributed by atoms with E-state index < -0.39 is 12.0 Å². The molecular weight excluding hydrogens is 214 g/mol. The van der Waals surface area contributed by atoms with Gasteiger partial charge >= 0.3 is 5.97 Å². The molecule has 1 aromatic carbocycles. The number of carboxylic acid groups (broad SMARTS) is 1. The molecule has 0 radical (unpaired) electrons. The van der Waals surface area contributed by atoms with Gasteiger partial charge in [0, 0.05) is 5.69 Å². The van der Waals surface area contributed by atoms with Gasteiger partial charge in [0.05, 0.1) is 0 Å². The van der Waals surface area contributed by atoms with Crippen molar-refractivity contribution in [2.45, 2.75) is 40.2 Å². The average molecular weight is 235 g/mol. The van der Waals surface area contributed by atoms with Gasteiger partial charge < -0.3 is 10.4 Å². The van der Waals surface area contributed by atoms with Crippen molar-refractivity contribution in [3.63, 3.8) is 0 Å². The summed E-state index contributed by atoms with van der Waals surface area (Å²) in [6.07, 6.45) is 0.628. The van der Waals surface area contributed by atoms with Gasteiger partial charge in [-0.2, -0.15) is 0 Å². The Morgan fingerprint density at radius 1 is 1.35 bits per heavy atom. The van der Waals surface area contributed by atoms with Crippen molar-refractivity contribution in [3.8, 4) is 0 Å². The van der Waals surface area contributed by atoms with Gasteiger partial charge in [-0.25, -0.2) is 4.79 Å². The fraction of sp³-hybridized carbons (Fsp3) is 0.500. The summed E-state index contributed by atoms with van der Waals surface area (Å²) in [5, 5.41) is 12.3. The Morgan fingerprint density at radius 2 is 2.00 bits per heavy atom. The van der Waals surface area contributed by atoms with Crippen molar-refractivity contribution < 1.29 is 9.90 Å². The highest BCUT2D eigenvalue weighted by atomic mass is 16.4. The maximum Gasteiger partial charge on any atom is 0.326 e. The normalized spacial score (nSPS) is 12.5. The monoisotopic (exact) mass is 235 g/mol. The van der Waals surface area contributed by atoms with E-state index in [4.69, 9.17) is 0 Å². The first kappa shape index (κ1) is 13.6. The topological polar surface area (TPSA) is 49.3 Å². The molecule has 1 aromatic rings. The van der Waals surface area contributed by atoms with Crippen LogP contribution in [0.15, 0.2) is 18.2 Å². The largest absolute Gasteiger partial charge is 0.480 e. The molecule has 1 atom stereocenters. The molecule has 0 saturated carbocycles. The van der Waals surface area contributed by atoms with E-state index >= 15 is 0 Å². The van der Waals surface area contributed by atoms with Crippen LogP contribution in [0.1, 0.15) is 31.4 Å². The molecule has 0 heterocycles. The van der Waals surface area contributed by atoms with Crippen LogP contribution in [0.3, 0.4) is 0 Å². The highest BCUT2D eigenvalue weighted by Crippen LogP contribution is 2.19. The molecule has 0 aromatic heterocycles. The molecule has 0 aliphatic heterocycles. The Labute approximate surface area is 103 Å². The smallest absolute Gasteiger partial charge is 0.326 e. The van der Waals surface area contributed by atoms with Gasteiger partial charge in [0.15, 0.2) is 0 Å². The Bertz CT molecular complexity index is 399. The van der Waals surface area contributed by atoms with E-state index in [0.29, 0.717) is 12.3 Å². The summed E-state index contributed by atoms with van der Waals surface area (Å²) in [6.45, 7) is 8.04. The minimum atomic E-state index is -0.792. The van der Waals surface area contributed by atoms with Crippen LogP contribution in [0, 0.1) is 19.8 Å². The second-order valence-electron chi connectivity index (χ2n) is 4.98. The van der Waals surface area contributed by atoms with Gasteiger partial charge in [-0.3, -0.25) is 0 Å². The lowest BCUT2D eigenvalue weighted by atomic mass is 10.0. The van der Waals surface area contributed by atoms with Gasteiger partial charge in [0.2, 0.25) is 0 Å². The number of rotatable bonds is 5. The van der Waals surface area contributed by atoms with Crippen LogP contribution in [0.2, 0.25) is 0 Å². The molecule has 1 unspecified atom stereocenters. The third-order valence-electron chi connectivity index (χ3n) is 2.73. The van der Waals surface area contributed by atoms with E-state index in [9.17, 15) is 9.90 Å². The summed E-state index contributed by atoms with van der Waals surface area (Å²) >= 11 is 0. The summed E-state index contributed by atoms with van der Waals surface area (Å²) < 4.78 is 0. The van der Waals surface area contributed by atoms with Crippen LogP contribution in [-0.2, 0) is 4.79 Å². The lowest BCUT2D eigenvalue weighted by Crippen LogP contribution is -2.31. The van der Waals surface area contributed by atoms with Crippen LogP contribution in [-0.4, -0.2) is 17.1 Å². The second-order valence-corrected chi connectivity index (χ2v) is 4.98. The third kappa shape index (κ3) is 4.10. The molecule has 0 amide bonds. The van der Waals surface area contributed by atoms with Gasteiger partial charge in [0.25, 0.3) is 0 Å². The molecule has 0 aliphatic rings. The lowest BCUT2D eigenvalue weighted by molar-refractivity contribution is -0.138. The zero-order valence-corrected chi connectivity index (χ0v) is 10.9. The molecule has 0 saturated heterocycles. The Morgan fingerprint density at radius 3 is 2.53 bits per heavy atom. The highest BCUT2D eigenvalue weighted by molar-refractivity contribution is 5.77. The fourth-order valence-electron chi connectivity index (χ4n) is 1.77. The van der Waals surface area contributed by atoms with Crippen molar-refractivity contribution in [2.75, 3.05) is 5.32 Å². The fourth-order valence-corrected chi connectivity index (χ4v) is 1.77. The minimum absolute atomic E-state index is 0.355. The quantitative estimate of drug-likeness (QED) is 0.824. The zero-order valence-electron chi connectivity index (χ0n) is 10.9. The molecule has 3 nitrogen and oxygen atoms in total. The molecule has 0 fully saturated rings. The predicted octanol–water partition coefficient (Wildman–Crippen LogP) is 3.21. The molecule has 2 N–H and O–H groups in total. The number of nitrogens with one attached hydrogen (secondary N) is 1. The van der Waals surface area contributed by atoms with E-state index in [1.807, 2.05) is 45.9 Å². The molecule has 0 bridgehead atoms. The van der Waals surface area contributed by atoms with Crippen molar-refractivity contribution in [3.05, 3.63) is 29.3 Å². The Kier molecular flexibility index (Phi) is 4.55. The minimum Gasteiger partial charge on any atom is -0.480 e. The summed E-state index contributed by atoms with van der Waals surface area (Å²) in [5.41, 5.74) is 3.12. The number of anilines is 1. The summed E-state index contributed by atoms with van der Waals surface area (Å²) in [5.74, 6) is -0.437. The van der Waals surface area contributed by atoms with E-state index in [1.54, 1.807) is 0 Å². The standard InChI is InChI=1S/C14H21NO2/c1-9(2)7-13(14(16)17)15-12-8-10(3)5-6-11(12)4/h5-6,8-9,13,15H,7H2,1-4H3,(H,16,17). The van der Waals surface area contributed by atoms with E-state index in [0.717, 1.165) is 16.8 Å². The maximum atomic E-state index is 11.2. The van der Waals surface area contributed by atoms with Crippen LogP contribution < -0.4 is 5.32 Å². The van der Waals surface area contributed by atoms with E-state index in [1.165, 1.54) is 0 Å². The molecule has 0 spiro atoms. The van der Waals surface area contributed by atoms with Crippen LogP contribution in [0.4, 0.5) is 5.69 Å². The molecule has 3 heteroatoms. The van der Waals surface area contributed by atoms with Crippen molar-refractivity contribution >= 4 is 11.7 Å². The number of hydrogen-bond donors (Lipinski definition) is 2. The van der Waals surface area contributed by atoms with Gasteiger partial charge in [-0.1, -0.05) is 26.0 Å². The Hall–Kier alpha value is -1.51. The first-order chi connectivity index (χ1) is 7.90. The summed E-state index contributed by atoms with van der Waals surface area (Å²) in [4.78, 5) is 11.2. The highest BCUT2D eigenvalue weighted by Gasteiger charge is 2.19. The van der Waals surface area contributed by atoms with E-state index in [-0.39, 0.29) is 0 Å². The number of carbonyl (C=O) groups is 1. The zero-order chi connectivity index (χ0) is 13.0. The maximum absolute atomic E-state index is 11.2. The summed E-state index contributed by atoms with van der Waals surface area (Å²) in [7, 11) is 0. The van der Waals surface area contributed by atoms with Gasteiger partial charge in [0.1, 0.15) is 6.04 Å². The first-order valence-corrected chi connectivity index (χ1v) is 5.96. The molecule has 0 aliphatic carbocycles. The Balaban J connectivity index is 2.85. The second kappa shape index (κ2) is 5.71. The molecular formula is C14H21NO2. The molecule has 17 heavy (non-hydrogen) atoms. The predicted molar refractivity (Wildman–Crippen MR) is 70.4 cm³/mol. The van der Waals surface area contributed by atoms with Gasteiger partial charge in [-0.15, -0.1) is 0 Å². The lowest BCUT2D eigenvalue weighted by Gasteiger charge is -2.19. The average Bonchev–Trinajstić information content (AvgIpc) is 2.21. The van der Waals surface area contributed by atoms with Crippen LogP contribution in [0.25, 0.3) is 0 Å².